The lowest BCUT2D eigenvalue weighted by Gasteiger charge is -2.46. The zero-order chi connectivity index (χ0) is 24.4. The van der Waals surface area contributed by atoms with Crippen LogP contribution in [0.15, 0.2) is 42.6 Å². The van der Waals surface area contributed by atoms with E-state index in [-0.39, 0.29) is 22.9 Å². The number of nitrogens with one attached hydrogen (secondary N) is 1. The first-order valence-electron chi connectivity index (χ1n) is 12.1. The molecule has 178 valence electrons. The van der Waals surface area contributed by atoms with Crippen LogP contribution < -0.4 is 5.32 Å². The molecule has 1 aromatic carbocycles. The molecule has 1 fully saturated rings. The number of allylic oxidation sites excluding steroid dienone is 1. The highest BCUT2D eigenvalue weighted by Crippen LogP contribution is 2.38. The second kappa shape index (κ2) is 7.68. The summed E-state index contributed by atoms with van der Waals surface area (Å²) in [5.41, 5.74) is 6.66. The van der Waals surface area contributed by atoms with Crippen LogP contribution in [0.2, 0.25) is 0 Å². The zero-order valence-electron chi connectivity index (χ0n) is 20.4. The van der Waals surface area contributed by atoms with Crippen LogP contribution in [0, 0.1) is 0 Å². The number of hydrogen-bond acceptors (Lipinski definition) is 7. The number of nitrogens with zero attached hydrogens (tertiary/aromatic N) is 6. The summed E-state index contributed by atoms with van der Waals surface area (Å²) in [7, 11) is 0. The number of pyridine rings is 1. The molecule has 4 heterocycles. The Balaban J connectivity index is 1.34. The minimum atomic E-state index is -0.0175. The van der Waals surface area contributed by atoms with E-state index in [0.717, 1.165) is 41.6 Å². The smallest absolute Gasteiger partial charge is 0.201 e. The fraction of sp³-hybridized carbons (Fsp3) is 0.370. The SMILES string of the molecule is CC1(C)CC(n2nnc3cc(-c4ccc(-c5ccnc6c5C=CC6)cc4O)nnc32)CC(C)(C)N1. The second-order valence-electron chi connectivity index (χ2n) is 11.0. The van der Waals surface area contributed by atoms with Crippen molar-refractivity contribution < 1.29 is 5.11 Å². The van der Waals surface area contributed by atoms with Crippen LogP contribution in [0.3, 0.4) is 0 Å². The third-order valence-electron chi connectivity index (χ3n) is 6.99. The van der Waals surface area contributed by atoms with Crippen LogP contribution in [0.5, 0.6) is 5.75 Å². The Morgan fingerprint density at radius 3 is 2.54 bits per heavy atom. The fourth-order valence-corrected chi connectivity index (χ4v) is 5.89. The monoisotopic (exact) mass is 467 g/mol. The summed E-state index contributed by atoms with van der Waals surface area (Å²) >= 11 is 0. The van der Waals surface area contributed by atoms with Crippen LogP contribution in [0.4, 0.5) is 0 Å². The molecule has 1 aliphatic carbocycles. The van der Waals surface area contributed by atoms with Gasteiger partial charge in [0.15, 0.2) is 0 Å². The molecule has 1 saturated heterocycles. The van der Waals surface area contributed by atoms with Gasteiger partial charge in [0.05, 0.1) is 17.4 Å². The summed E-state index contributed by atoms with van der Waals surface area (Å²) in [6, 6.07) is 9.67. The van der Waals surface area contributed by atoms with Crippen molar-refractivity contribution in [3.05, 3.63) is 53.9 Å². The van der Waals surface area contributed by atoms with E-state index in [2.05, 4.69) is 70.7 Å². The first kappa shape index (κ1) is 21.9. The van der Waals surface area contributed by atoms with Crippen LogP contribution in [0.1, 0.15) is 57.8 Å². The standard InChI is InChI=1S/C27H29N7O/c1-26(2)14-17(15-27(3,4)32-26)34-25-23(30-33-34)13-22(29-31-25)20-9-8-16(12-24(20)35)18-10-11-28-21-7-5-6-19(18)21/h5-6,8-13,17,32,35H,7,14-15H2,1-4H3. The minimum absolute atomic E-state index is 0.0175. The third kappa shape index (κ3) is 3.87. The zero-order valence-corrected chi connectivity index (χ0v) is 20.4. The number of aromatic nitrogens is 6. The maximum absolute atomic E-state index is 10.9. The number of aromatic hydroxyl groups is 1. The molecule has 0 amide bonds. The Hall–Kier alpha value is -3.65. The minimum Gasteiger partial charge on any atom is -0.507 e. The number of piperidine rings is 1. The lowest BCUT2D eigenvalue weighted by Crippen LogP contribution is -2.58. The van der Waals surface area contributed by atoms with E-state index in [1.807, 2.05) is 35.1 Å². The lowest BCUT2D eigenvalue weighted by molar-refractivity contribution is 0.127. The number of benzene rings is 1. The molecular formula is C27H29N7O. The van der Waals surface area contributed by atoms with Crippen molar-refractivity contribution in [1.29, 1.82) is 0 Å². The van der Waals surface area contributed by atoms with Crippen LogP contribution in [-0.2, 0) is 6.42 Å². The van der Waals surface area contributed by atoms with Gasteiger partial charge in [-0.05, 0) is 75.9 Å². The molecule has 0 saturated carbocycles. The summed E-state index contributed by atoms with van der Waals surface area (Å²) in [6.07, 6.45) is 8.72. The van der Waals surface area contributed by atoms with E-state index in [4.69, 9.17) is 0 Å². The number of fused-ring (bicyclic) bond motifs is 2. The Morgan fingerprint density at radius 1 is 0.971 bits per heavy atom. The van der Waals surface area contributed by atoms with Crippen molar-refractivity contribution >= 4 is 17.2 Å². The molecular weight excluding hydrogens is 438 g/mol. The second-order valence-corrected chi connectivity index (χ2v) is 11.0. The summed E-state index contributed by atoms with van der Waals surface area (Å²) in [5, 5.41) is 32.4. The Bertz CT molecular complexity index is 1470. The quantitative estimate of drug-likeness (QED) is 0.450. The van der Waals surface area contributed by atoms with Crippen molar-refractivity contribution in [1.82, 2.24) is 35.5 Å². The van der Waals surface area contributed by atoms with Crippen LogP contribution in [-0.4, -0.2) is 46.4 Å². The van der Waals surface area contributed by atoms with Crippen LogP contribution >= 0.6 is 0 Å². The first-order chi connectivity index (χ1) is 16.7. The topological polar surface area (TPSA) is 102 Å². The highest BCUT2D eigenvalue weighted by atomic mass is 16.3. The molecule has 8 heteroatoms. The van der Waals surface area contributed by atoms with Gasteiger partial charge < -0.3 is 10.4 Å². The van der Waals surface area contributed by atoms with Gasteiger partial charge in [0.2, 0.25) is 5.65 Å². The fourth-order valence-electron chi connectivity index (χ4n) is 5.89. The van der Waals surface area contributed by atoms with Gasteiger partial charge in [0, 0.05) is 34.8 Å². The predicted molar refractivity (Wildman–Crippen MR) is 136 cm³/mol. The molecule has 0 atom stereocenters. The lowest BCUT2D eigenvalue weighted by atomic mass is 9.80. The Kier molecular flexibility index (Phi) is 4.79. The van der Waals surface area contributed by atoms with Crippen molar-refractivity contribution in [2.45, 2.75) is 64.1 Å². The van der Waals surface area contributed by atoms with E-state index >= 15 is 0 Å². The van der Waals surface area contributed by atoms with Crippen LogP contribution in [0.25, 0.3) is 39.6 Å². The van der Waals surface area contributed by atoms with Crippen molar-refractivity contribution in [2.75, 3.05) is 0 Å². The van der Waals surface area contributed by atoms with Gasteiger partial charge in [0.1, 0.15) is 11.3 Å². The normalized spacial score (nSPS) is 18.7. The maximum atomic E-state index is 10.9. The molecule has 6 rings (SSSR count). The molecule has 2 N–H and O–H groups in total. The molecule has 8 nitrogen and oxygen atoms in total. The average molecular weight is 468 g/mol. The Labute approximate surface area is 204 Å². The molecule has 4 aromatic rings. The van der Waals surface area contributed by atoms with Gasteiger partial charge in [-0.3, -0.25) is 4.98 Å². The molecule has 35 heavy (non-hydrogen) atoms. The number of phenolic OH excluding ortho intramolecular Hbond substituents is 1. The number of hydrogen-bond donors (Lipinski definition) is 2. The summed E-state index contributed by atoms with van der Waals surface area (Å²) in [4.78, 5) is 4.45. The van der Waals surface area contributed by atoms with Crippen molar-refractivity contribution in [2.24, 2.45) is 0 Å². The largest absolute Gasteiger partial charge is 0.507 e. The molecule has 1 aliphatic heterocycles. The highest BCUT2D eigenvalue weighted by Gasteiger charge is 2.39. The van der Waals surface area contributed by atoms with E-state index in [1.54, 1.807) is 6.07 Å². The molecule has 0 bridgehead atoms. The van der Waals surface area contributed by atoms with Gasteiger partial charge in [0.25, 0.3) is 0 Å². The van der Waals surface area contributed by atoms with Gasteiger partial charge in [-0.15, -0.1) is 15.3 Å². The summed E-state index contributed by atoms with van der Waals surface area (Å²) in [5.74, 6) is 0.151. The van der Waals surface area contributed by atoms with Crippen molar-refractivity contribution in [3.63, 3.8) is 0 Å². The van der Waals surface area contributed by atoms with E-state index < -0.39 is 0 Å². The van der Waals surface area contributed by atoms with E-state index in [0.29, 0.717) is 22.4 Å². The number of phenols is 1. The van der Waals surface area contributed by atoms with Gasteiger partial charge >= 0.3 is 0 Å². The summed E-state index contributed by atoms with van der Waals surface area (Å²) < 4.78 is 1.91. The van der Waals surface area contributed by atoms with E-state index in [1.165, 1.54) is 0 Å². The van der Waals surface area contributed by atoms with Gasteiger partial charge in [-0.25, -0.2) is 4.68 Å². The van der Waals surface area contributed by atoms with Crippen molar-refractivity contribution in [3.8, 4) is 28.1 Å². The molecule has 0 unspecified atom stereocenters. The maximum Gasteiger partial charge on any atom is 0.201 e. The van der Waals surface area contributed by atoms with E-state index in [9.17, 15) is 5.11 Å². The molecule has 0 spiro atoms. The molecule has 3 aromatic heterocycles. The number of rotatable bonds is 3. The Morgan fingerprint density at radius 2 is 1.77 bits per heavy atom. The predicted octanol–water partition coefficient (Wildman–Crippen LogP) is 4.71. The van der Waals surface area contributed by atoms with Gasteiger partial charge in [-0.2, -0.15) is 0 Å². The summed E-state index contributed by atoms with van der Waals surface area (Å²) in [6.45, 7) is 8.86. The average Bonchev–Trinajstić information content (AvgIpc) is 3.43. The molecule has 0 radical (unpaired) electrons. The highest BCUT2D eigenvalue weighted by molar-refractivity contribution is 5.83. The molecule has 2 aliphatic rings. The third-order valence-corrected chi connectivity index (χ3v) is 6.99. The first-order valence-corrected chi connectivity index (χ1v) is 12.1. The van der Waals surface area contributed by atoms with Gasteiger partial charge in [-0.1, -0.05) is 23.4 Å².